The van der Waals surface area contributed by atoms with Crippen molar-refractivity contribution >= 4 is 29.0 Å². The molecule has 3 nitrogen and oxygen atoms in total. The summed E-state index contributed by atoms with van der Waals surface area (Å²) >= 11 is 6.12. The number of rotatable bonds is 6. The fourth-order valence-electron chi connectivity index (χ4n) is 2.77. The van der Waals surface area contributed by atoms with Crippen LogP contribution in [0.15, 0.2) is 60.8 Å². The van der Waals surface area contributed by atoms with Gasteiger partial charge in [-0.05, 0) is 22.8 Å². The highest BCUT2D eigenvalue weighted by molar-refractivity contribution is 6.18. The summed E-state index contributed by atoms with van der Waals surface area (Å²) in [5.74, 6) is 0.252. The Morgan fingerprint density at radius 2 is 1.83 bits per heavy atom. The van der Waals surface area contributed by atoms with Gasteiger partial charge in [0.1, 0.15) is 0 Å². The fraction of sp³-hybridized carbons (Fsp3) is 0.158. The average molecular weight is 326 g/mol. The third kappa shape index (κ3) is 3.20. The molecule has 3 rings (SSSR count). The Hall–Kier alpha value is -2.39. The molecule has 0 saturated heterocycles. The first kappa shape index (κ1) is 15.5. The van der Waals surface area contributed by atoms with E-state index < -0.39 is 0 Å². The quantitative estimate of drug-likeness (QED) is 0.498. The Bertz CT molecular complexity index is 805. The molecular formula is C19H16ClNO2. The molecule has 0 aliphatic carbocycles. The summed E-state index contributed by atoms with van der Waals surface area (Å²) in [7, 11) is 0. The maximum Gasteiger partial charge on any atom is 0.293 e. The molecule has 0 aliphatic heterocycles. The zero-order chi connectivity index (χ0) is 16.1. The minimum Gasteiger partial charge on any atom is -0.467 e. The first-order valence-corrected chi connectivity index (χ1v) is 7.93. The predicted molar refractivity (Wildman–Crippen MR) is 92.7 cm³/mol. The molecule has 23 heavy (non-hydrogen) atoms. The number of nitrogens with zero attached hydrogens (tertiary/aromatic N) is 1. The van der Waals surface area contributed by atoms with E-state index in [-0.39, 0.29) is 12.5 Å². The van der Waals surface area contributed by atoms with Gasteiger partial charge in [-0.1, -0.05) is 48.5 Å². The van der Waals surface area contributed by atoms with Crippen molar-refractivity contribution in [2.75, 3.05) is 12.5 Å². The Morgan fingerprint density at radius 1 is 1.09 bits per heavy atom. The van der Waals surface area contributed by atoms with Gasteiger partial charge in [-0.25, -0.2) is 0 Å². The van der Waals surface area contributed by atoms with Gasteiger partial charge in [-0.2, -0.15) is 0 Å². The maximum atomic E-state index is 10.5. The van der Waals surface area contributed by atoms with Crippen LogP contribution in [0, 0.1) is 0 Å². The Labute approximate surface area is 139 Å². The van der Waals surface area contributed by atoms with Gasteiger partial charge in [0.15, 0.2) is 0 Å². The lowest BCUT2D eigenvalue weighted by atomic mass is 9.90. The molecule has 0 aliphatic rings. The largest absolute Gasteiger partial charge is 0.467 e. The minimum atomic E-state index is -0.103. The number of pyridine rings is 1. The molecule has 116 valence electrons. The van der Waals surface area contributed by atoms with Crippen LogP contribution >= 0.6 is 11.6 Å². The van der Waals surface area contributed by atoms with E-state index in [1.807, 2.05) is 42.6 Å². The number of carbonyl (C=O) groups excluding carboxylic acids is 1. The molecule has 0 amide bonds. The number of hydrogen-bond acceptors (Lipinski definition) is 3. The third-order valence-corrected chi connectivity index (χ3v) is 4.23. The van der Waals surface area contributed by atoms with Gasteiger partial charge in [0.05, 0.1) is 12.1 Å². The van der Waals surface area contributed by atoms with Gasteiger partial charge >= 0.3 is 0 Å². The normalized spacial score (nSPS) is 12.0. The van der Waals surface area contributed by atoms with E-state index in [0.29, 0.717) is 12.4 Å². The van der Waals surface area contributed by atoms with Crippen molar-refractivity contribution in [3.05, 3.63) is 66.4 Å². The number of benzene rings is 2. The molecule has 1 aromatic heterocycles. The zero-order valence-electron chi connectivity index (χ0n) is 12.5. The number of fused-ring (bicyclic) bond motifs is 1. The predicted octanol–water partition coefficient (Wildman–Crippen LogP) is 4.40. The van der Waals surface area contributed by atoms with Crippen molar-refractivity contribution in [2.45, 2.75) is 5.92 Å². The maximum absolute atomic E-state index is 10.5. The number of hydrogen-bond donors (Lipinski definition) is 0. The number of alkyl halides is 1. The average Bonchev–Trinajstić information content (AvgIpc) is 2.62. The summed E-state index contributed by atoms with van der Waals surface area (Å²) in [6, 6.07) is 18.1. The number of ether oxygens (including phenoxy) is 1. The summed E-state index contributed by atoms with van der Waals surface area (Å²) in [5, 5.41) is 1.07. The first-order valence-electron chi connectivity index (χ1n) is 7.39. The molecular weight excluding hydrogens is 310 g/mol. The van der Waals surface area contributed by atoms with Crippen molar-refractivity contribution in [3.63, 3.8) is 0 Å². The Kier molecular flexibility index (Phi) is 4.89. The molecule has 1 atom stereocenters. The van der Waals surface area contributed by atoms with Gasteiger partial charge in [-0.3, -0.25) is 9.78 Å². The van der Waals surface area contributed by atoms with E-state index in [4.69, 9.17) is 16.3 Å². The monoisotopic (exact) mass is 325 g/mol. The smallest absolute Gasteiger partial charge is 0.293 e. The van der Waals surface area contributed by atoms with E-state index in [9.17, 15) is 4.79 Å². The van der Waals surface area contributed by atoms with Crippen LogP contribution in [-0.2, 0) is 9.53 Å². The second-order valence-corrected chi connectivity index (χ2v) is 5.56. The van der Waals surface area contributed by atoms with E-state index in [1.54, 1.807) is 0 Å². The zero-order valence-corrected chi connectivity index (χ0v) is 13.2. The lowest BCUT2D eigenvalue weighted by Crippen LogP contribution is -2.11. The van der Waals surface area contributed by atoms with Crippen molar-refractivity contribution < 1.29 is 9.53 Å². The molecule has 0 bridgehead atoms. The van der Waals surface area contributed by atoms with E-state index in [0.717, 1.165) is 27.6 Å². The summed E-state index contributed by atoms with van der Waals surface area (Å²) in [6.07, 6.45) is 1.84. The van der Waals surface area contributed by atoms with Gasteiger partial charge in [0.2, 0.25) is 0 Å². The minimum absolute atomic E-state index is 0.103. The molecule has 0 fully saturated rings. The summed E-state index contributed by atoms with van der Waals surface area (Å²) in [6.45, 7) is 0.697. The van der Waals surface area contributed by atoms with Crippen LogP contribution in [0.1, 0.15) is 11.5 Å². The van der Waals surface area contributed by atoms with Crippen LogP contribution in [0.3, 0.4) is 0 Å². The van der Waals surface area contributed by atoms with Crippen molar-refractivity contribution in [2.24, 2.45) is 0 Å². The number of aromatic nitrogens is 1. The Morgan fingerprint density at radius 3 is 2.57 bits per heavy atom. The van der Waals surface area contributed by atoms with Gasteiger partial charge < -0.3 is 4.74 Å². The van der Waals surface area contributed by atoms with Gasteiger partial charge in [-0.15, -0.1) is 11.6 Å². The molecule has 0 N–H and O–H groups in total. The van der Waals surface area contributed by atoms with Crippen molar-refractivity contribution in [1.82, 2.24) is 4.98 Å². The molecule has 4 heteroatoms. The summed E-state index contributed by atoms with van der Waals surface area (Å²) in [4.78, 5) is 15.1. The standard InChI is InChI=1S/C19H16ClNO2/c20-10-15(12-23-13-22)17-11-21-18-9-5-4-8-16(18)19(17)14-6-2-1-3-7-14/h1-9,11,13,15H,10,12H2. The van der Waals surface area contributed by atoms with Crippen molar-refractivity contribution in [3.8, 4) is 11.1 Å². The second kappa shape index (κ2) is 7.25. The molecule has 0 saturated carbocycles. The summed E-state index contributed by atoms with van der Waals surface area (Å²) in [5.41, 5.74) is 4.12. The molecule has 0 radical (unpaired) electrons. The van der Waals surface area contributed by atoms with Gasteiger partial charge in [0, 0.05) is 23.4 Å². The van der Waals surface area contributed by atoms with E-state index >= 15 is 0 Å². The molecule has 0 spiro atoms. The number of para-hydroxylation sites is 1. The van der Waals surface area contributed by atoms with Gasteiger partial charge in [0.25, 0.3) is 6.47 Å². The van der Waals surface area contributed by atoms with E-state index in [1.165, 1.54) is 0 Å². The van der Waals surface area contributed by atoms with E-state index in [2.05, 4.69) is 23.2 Å². The molecule has 1 unspecified atom stereocenters. The van der Waals surface area contributed by atoms with Crippen LogP contribution in [0.2, 0.25) is 0 Å². The lowest BCUT2D eigenvalue weighted by molar-refractivity contribution is -0.129. The highest BCUT2D eigenvalue weighted by atomic mass is 35.5. The molecule has 3 aromatic rings. The number of carbonyl (C=O) groups is 1. The Balaban J connectivity index is 2.23. The van der Waals surface area contributed by atoms with Crippen molar-refractivity contribution in [1.29, 1.82) is 0 Å². The second-order valence-electron chi connectivity index (χ2n) is 5.25. The highest BCUT2D eigenvalue weighted by Gasteiger charge is 2.19. The first-order chi connectivity index (χ1) is 11.3. The summed E-state index contributed by atoms with van der Waals surface area (Å²) < 4.78 is 4.95. The van der Waals surface area contributed by atoms with Crippen LogP contribution in [0.25, 0.3) is 22.0 Å². The fourth-order valence-corrected chi connectivity index (χ4v) is 3.02. The SMILES string of the molecule is O=COCC(CCl)c1cnc2ccccc2c1-c1ccccc1. The third-order valence-electron chi connectivity index (χ3n) is 3.86. The van der Waals surface area contributed by atoms with Crippen LogP contribution in [0.5, 0.6) is 0 Å². The molecule has 2 aromatic carbocycles. The van der Waals surface area contributed by atoms with Crippen LogP contribution in [0.4, 0.5) is 0 Å². The van der Waals surface area contributed by atoms with Crippen LogP contribution in [-0.4, -0.2) is 23.9 Å². The van der Waals surface area contributed by atoms with Crippen LogP contribution < -0.4 is 0 Å². The lowest BCUT2D eigenvalue weighted by Gasteiger charge is -2.19. The number of halogens is 1. The topological polar surface area (TPSA) is 39.2 Å². The highest BCUT2D eigenvalue weighted by Crippen LogP contribution is 2.35. The molecule has 1 heterocycles.